The fourth-order valence-electron chi connectivity index (χ4n) is 2.08. The average molecular weight is 366 g/mol. The molecule has 7 heteroatoms. The molecule has 0 radical (unpaired) electrons. The molecular weight excluding hydrogens is 346 g/mol. The minimum atomic E-state index is -0.490. The quantitative estimate of drug-likeness (QED) is 0.853. The summed E-state index contributed by atoms with van der Waals surface area (Å²) in [5.74, 6) is 0.412. The number of nitrogens with one attached hydrogen (secondary N) is 1. The van der Waals surface area contributed by atoms with Crippen molar-refractivity contribution < 1.29 is 4.79 Å². The Morgan fingerprint density at radius 2 is 2.00 bits per heavy atom. The number of rotatable bonds is 6. The molecule has 2 atom stereocenters. The van der Waals surface area contributed by atoms with Gasteiger partial charge in [-0.15, -0.1) is 10.2 Å². The maximum absolute atomic E-state index is 12.2. The standard InChI is InChI=1S/C15H20BrN5O/c1-4-5-10(2)17-15(22)11(3)21-19-14(18-20-21)12-6-8-13(16)9-7-12/h6-11H,4-5H2,1-3H3,(H,17,22). The predicted molar refractivity (Wildman–Crippen MR) is 88.2 cm³/mol. The molecule has 1 amide bonds. The van der Waals surface area contributed by atoms with Crippen molar-refractivity contribution >= 4 is 21.8 Å². The van der Waals surface area contributed by atoms with Crippen molar-refractivity contribution in [3.05, 3.63) is 28.7 Å². The molecule has 6 nitrogen and oxygen atoms in total. The summed E-state index contributed by atoms with van der Waals surface area (Å²) in [4.78, 5) is 13.5. The largest absolute Gasteiger partial charge is 0.352 e. The van der Waals surface area contributed by atoms with Gasteiger partial charge in [-0.05, 0) is 49.7 Å². The molecule has 0 aliphatic carbocycles. The van der Waals surface area contributed by atoms with E-state index in [0.29, 0.717) is 5.82 Å². The van der Waals surface area contributed by atoms with Crippen LogP contribution in [0.2, 0.25) is 0 Å². The van der Waals surface area contributed by atoms with Gasteiger partial charge in [0.25, 0.3) is 0 Å². The number of carbonyl (C=O) groups excluding carboxylic acids is 1. The highest BCUT2D eigenvalue weighted by molar-refractivity contribution is 9.10. The van der Waals surface area contributed by atoms with E-state index in [4.69, 9.17) is 0 Å². The van der Waals surface area contributed by atoms with Crippen LogP contribution < -0.4 is 5.32 Å². The Morgan fingerprint density at radius 1 is 1.32 bits per heavy atom. The van der Waals surface area contributed by atoms with Gasteiger partial charge in [0.1, 0.15) is 6.04 Å². The summed E-state index contributed by atoms with van der Waals surface area (Å²) >= 11 is 3.39. The molecule has 0 bridgehead atoms. The van der Waals surface area contributed by atoms with Crippen LogP contribution in [0, 0.1) is 0 Å². The van der Waals surface area contributed by atoms with Gasteiger partial charge in [0.15, 0.2) is 0 Å². The lowest BCUT2D eigenvalue weighted by Gasteiger charge is -2.15. The minimum Gasteiger partial charge on any atom is -0.352 e. The van der Waals surface area contributed by atoms with E-state index in [2.05, 4.69) is 43.6 Å². The van der Waals surface area contributed by atoms with Crippen molar-refractivity contribution in [1.29, 1.82) is 0 Å². The Labute approximate surface area is 138 Å². The van der Waals surface area contributed by atoms with E-state index in [9.17, 15) is 4.79 Å². The fourth-order valence-corrected chi connectivity index (χ4v) is 2.34. The lowest BCUT2D eigenvalue weighted by molar-refractivity contribution is -0.125. The van der Waals surface area contributed by atoms with Gasteiger partial charge in [-0.2, -0.15) is 4.80 Å². The molecule has 0 saturated carbocycles. The van der Waals surface area contributed by atoms with E-state index in [1.165, 1.54) is 4.80 Å². The first-order chi connectivity index (χ1) is 10.5. The Hall–Kier alpha value is -1.76. The van der Waals surface area contributed by atoms with Crippen molar-refractivity contribution in [2.24, 2.45) is 0 Å². The summed E-state index contributed by atoms with van der Waals surface area (Å²) < 4.78 is 0.987. The van der Waals surface area contributed by atoms with Crippen LogP contribution in [0.25, 0.3) is 11.4 Å². The number of amides is 1. The van der Waals surface area contributed by atoms with Crippen molar-refractivity contribution in [2.45, 2.75) is 45.7 Å². The third-order valence-electron chi connectivity index (χ3n) is 3.37. The summed E-state index contributed by atoms with van der Waals surface area (Å²) in [6.07, 6.45) is 1.98. The van der Waals surface area contributed by atoms with Crippen LogP contribution in [0.1, 0.15) is 39.7 Å². The van der Waals surface area contributed by atoms with Gasteiger partial charge in [0, 0.05) is 16.1 Å². The number of hydrogen-bond acceptors (Lipinski definition) is 4. The zero-order valence-electron chi connectivity index (χ0n) is 13.0. The van der Waals surface area contributed by atoms with Gasteiger partial charge in [-0.3, -0.25) is 4.79 Å². The topological polar surface area (TPSA) is 72.7 Å². The second-order valence-electron chi connectivity index (χ2n) is 5.31. The Kier molecular flexibility index (Phi) is 5.65. The number of nitrogens with zero attached hydrogens (tertiary/aromatic N) is 4. The minimum absolute atomic E-state index is 0.0966. The third-order valence-corrected chi connectivity index (χ3v) is 3.90. The third kappa shape index (κ3) is 4.13. The SMILES string of the molecule is CCCC(C)NC(=O)C(C)n1nnc(-c2ccc(Br)cc2)n1. The van der Waals surface area contributed by atoms with Crippen molar-refractivity contribution in [1.82, 2.24) is 25.5 Å². The number of aromatic nitrogens is 4. The van der Waals surface area contributed by atoms with Crippen LogP contribution in [0.5, 0.6) is 0 Å². The maximum atomic E-state index is 12.2. The van der Waals surface area contributed by atoms with Gasteiger partial charge < -0.3 is 5.32 Å². The highest BCUT2D eigenvalue weighted by Gasteiger charge is 2.20. The van der Waals surface area contributed by atoms with E-state index in [1.54, 1.807) is 6.92 Å². The van der Waals surface area contributed by atoms with Crippen LogP contribution >= 0.6 is 15.9 Å². The molecule has 0 aliphatic rings. The Morgan fingerprint density at radius 3 is 2.64 bits per heavy atom. The second kappa shape index (κ2) is 7.49. The van der Waals surface area contributed by atoms with Gasteiger partial charge in [0.05, 0.1) is 0 Å². The molecule has 1 N–H and O–H groups in total. The van der Waals surface area contributed by atoms with E-state index < -0.39 is 6.04 Å². The number of halogens is 1. The highest BCUT2D eigenvalue weighted by Crippen LogP contribution is 2.18. The molecule has 1 aromatic carbocycles. The van der Waals surface area contributed by atoms with E-state index >= 15 is 0 Å². The van der Waals surface area contributed by atoms with E-state index in [0.717, 1.165) is 22.9 Å². The molecule has 1 aromatic heterocycles. The second-order valence-corrected chi connectivity index (χ2v) is 6.23. The van der Waals surface area contributed by atoms with Crippen LogP contribution in [0.3, 0.4) is 0 Å². The maximum Gasteiger partial charge on any atom is 0.246 e. The first-order valence-corrected chi connectivity index (χ1v) is 8.16. The molecule has 0 saturated heterocycles. The van der Waals surface area contributed by atoms with Crippen molar-refractivity contribution in [2.75, 3.05) is 0 Å². The zero-order valence-corrected chi connectivity index (χ0v) is 14.5. The van der Waals surface area contributed by atoms with Gasteiger partial charge >= 0.3 is 0 Å². The van der Waals surface area contributed by atoms with Crippen LogP contribution in [0.15, 0.2) is 28.7 Å². The van der Waals surface area contributed by atoms with Gasteiger partial charge in [-0.1, -0.05) is 29.3 Å². The molecule has 2 rings (SSSR count). The molecule has 0 spiro atoms. The first kappa shape index (κ1) is 16.6. The number of benzene rings is 1. The summed E-state index contributed by atoms with van der Waals surface area (Å²) in [7, 11) is 0. The lowest BCUT2D eigenvalue weighted by Crippen LogP contribution is -2.37. The Bertz CT molecular complexity index is 625. The molecule has 2 aromatic rings. The Balaban J connectivity index is 2.07. The summed E-state index contributed by atoms with van der Waals surface area (Å²) in [6, 6.07) is 7.29. The molecular formula is C15H20BrN5O. The lowest BCUT2D eigenvalue weighted by atomic mass is 10.2. The van der Waals surface area contributed by atoms with Crippen LogP contribution in [0.4, 0.5) is 0 Å². The average Bonchev–Trinajstić information content (AvgIpc) is 2.97. The smallest absolute Gasteiger partial charge is 0.246 e. The molecule has 118 valence electrons. The summed E-state index contributed by atoms with van der Waals surface area (Å²) in [5.41, 5.74) is 0.862. The molecule has 2 unspecified atom stereocenters. The first-order valence-electron chi connectivity index (χ1n) is 7.37. The molecule has 0 aliphatic heterocycles. The predicted octanol–water partition coefficient (Wildman–Crippen LogP) is 2.97. The van der Waals surface area contributed by atoms with Gasteiger partial charge in [-0.25, -0.2) is 0 Å². The molecule has 22 heavy (non-hydrogen) atoms. The van der Waals surface area contributed by atoms with Crippen molar-refractivity contribution in [3.8, 4) is 11.4 Å². The van der Waals surface area contributed by atoms with E-state index in [1.807, 2.05) is 31.2 Å². The normalized spacial score (nSPS) is 13.6. The monoisotopic (exact) mass is 365 g/mol. The highest BCUT2D eigenvalue weighted by atomic mass is 79.9. The zero-order chi connectivity index (χ0) is 16.1. The number of hydrogen-bond donors (Lipinski definition) is 1. The number of carbonyl (C=O) groups is 1. The van der Waals surface area contributed by atoms with Gasteiger partial charge in [0.2, 0.25) is 11.7 Å². The molecule has 1 heterocycles. The molecule has 0 fully saturated rings. The van der Waals surface area contributed by atoms with Crippen LogP contribution in [-0.2, 0) is 4.79 Å². The number of tetrazole rings is 1. The van der Waals surface area contributed by atoms with Crippen LogP contribution in [-0.4, -0.2) is 32.2 Å². The van der Waals surface area contributed by atoms with Crippen molar-refractivity contribution in [3.63, 3.8) is 0 Å². The summed E-state index contributed by atoms with van der Waals surface area (Å²) in [5, 5.41) is 15.3. The van der Waals surface area contributed by atoms with E-state index in [-0.39, 0.29) is 11.9 Å². The fraction of sp³-hybridized carbons (Fsp3) is 0.467. The summed E-state index contributed by atoms with van der Waals surface area (Å²) in [6.45, 7) is 5.85.